The molecule has 146 valence electrons. The van der Waals surface area contributed by atoms with Gasteiger partial charge in [-0.15, -0.1) is 0 Å². The standard InChI is InChI=1S/C24H23N3O2/c1-16-9-11-19(12-10-16)27-21(23-20(24(27)29)8-5-13-25-23)14-22(28)26-15-18-7-4-3-6-17(18)2/h3-13,21H,14-15H2,1-2H3,(H,26,28)/t21-/m0/s1. The smallest absolute Gasteiger partial charge is 0.260 e. The number of hydrogen-bond donors (Lipinski definition) is 1. The van der Waals surface area contributed by atoms with E-state index in [4.69, 9.17) is 0 Å². The summed E-state index contributed by atoms with van der Waals surface area (Å²) in [4.78, 5) is 31.9. The molecule has 0 aliphatic carbocycles. The minimum Gasteiger partial charge on any atom is -0.352 e. The molecule has 2 aromatic carbocycles. The molecule has 1 N–H and O–H groups in total. The lowest BCUT2D eigenvalue weighted by molar-refractivity contribution is -0.121. The highest BCUT2D eigenvalue weighted by Crippen LogP contribution is 2.38. The van der Waals surface area contributed by atoms with Gasteiger partial charge in [0.1, 0.15) is 0 Å². The summed E-state index contributed by atoms with van der Waals surface area (Å²) < 4.78 is 0. The van der Waals surface area contributed by atoms with Crippen LogP contribution >= 0.6 is 0 Å². The molecular formula is C24H23N3O2. The molecule has 1 aliphatic heterocycles. The predicted octanol–water partition coefficient (Wildman–Crippen LogP) is 4.11. The molecule has 29 heavy (non-hydrogen) atoms. The number of carbonyl (C=O) groups is 2. The van der Waals surface area contributed by atoms with Crippen LogP contribution in [0.15, 0.2) is 66.9 Å². The van der Waals surface area contributed by atoms with Crippen molar-refractivity contribution in [3.63, 3.8) is 0 Å². The molecular weight excluding hydrogens is 362 g/mol. The van der Waals surface area contributed by atoms with Gasteiger partial charge in [0.15, 0.2) is 0 Å². The van der Waals surface area contributed by atoms with Crippen LogP contribution in [0.25, 0.3) is 0 Å². The molecule has 0 fully saturated rings. The fourth-order valence-electron chi connectivity index (χ4n) is 3.70. The van der Waals surface area contributed by atoms with Crippen LogP contribution in [0.1, 0.15) is 45.2 Å². The van der Waals surface area contributed by atoms with Crippen molar-refractivity contribution in [2.24, 2.45) is 0 Å². The molecule has 1 atom stereocenters. The van der Waals surface area contributed by atoms with Crippen molar-refractivity contribution in [2.75, 3.05) is 4.90 Å². The summed E-state index contributed by atoms with van der Waals surface area (Å²) in [5, 5.41) is 2.99. The van der Waals surface area contributed by atoms with Crippen LogP contribution in [0.3, 0.4) is 0 Å². The number of nitrogens with one attached hydrogen (secondary N) is 1. The van der Waals surface area contributed by atoms with E-state index >= 15 is 0 Å². The monoisotopic (exact) mass is 385 g/mol. The maximum atomic E-state index is 13.1. The lowest BCUT2D eigenvalue weighted by Gasteiger charge is -2.25. The first-order valence-electron chi connectivity index (χ1n) is 9.71. The fraction of sp³-hybridized carbons (Fsp3) is 0.208. The first kappa shape index (κ1) is 18.9. The van der Waals surface area contributed by atoms with Crippen LogP contribution < -0.4 is 10.2 Å². The van der Waals surface area contributed by atoms with Crippen LogP contribution in [-0.4, -0.2) is 16.8 Å². The third kappa shape index (κ3) is 3.76. The van der Waals surface area contributed by atoms with E-state index in [9.17, 15) is 9.59 Å². The second kappa shape index (κ2) is 7.87. The number of carbonyl (C=O) groups excluding carboxylic acids is 2. The largest absolute Gasteiger partial charge is 0.352 e. The highest BCUT2D eigenvalue weighted by atomic mass is 16.2. The van der Waals surface area contributed by atoms with Crippen molar-refractivity contribution in [1.29, 1.82) is 0 Å². The second-order valence-electron chi connectivity index (χ2n) is 7.37. The van der Waals surface area contributed by atoms with E-state index in [0.717, 1.165) is 22.4 Å². The summed E-state index contributed by atoms with van der Waals surface area (Å²) in [5.41, 5.74) is 5.32. The van der Waals surface area contributed by atoms with Gasteiger partial charge in [-0.1, -0.05) is 42.0 Å². The SMILES string of the molecule is Cc1ccc(N2C(=O)c3cccnc3[C@@H]2CC(=O)NCc2ccccc2C)cc1. The Kier molecular flexibility index (Phi) is 5.12. The summed E-state index contributed by atoms with van der Waals surface area (Å²) in [6, 6.07) is 18.8. The molecule has 0 bridgehead atoms. The van der Waals surface area contributed by atoms with Gasteiger partial charge in [0, 0.05) is 18.4 Å². The van der Waals surface area contributed by atoms with Crippen LogP contribution in [0.4, 0.5) is 5.69 Å². The Bertz CT molecular complexity index is 1060. The summed E-state index contributed by atoms with van der Waals surface area (Å²) >= 11 is 0. The normalized spacial score (nSPS) is 15.3. The Morgan fingerprint density at radius 2 is 1.79 bits per heavy atom. The van der Waals surface area contributed by atoms with Gasteiger partial charge in [0.05, 0.1) is 23.7 Å². The number of anilines is 1. The van der Waals surface area contributed by atoms with E-state index in [1.165, 1.54) is 0 Å². The third-order valence-electron chi connectivity index (χ3n) is 5.34. The lowest BCUT2D eigenvalue weighted by Crippen LogP contribution is -2.33. The third-order valence-corrected chi connectivity index (χ3v) is 5.34. The summed E-state index contributed by atoms with van der Waals surface area (Å²) in [6.45, 7) is 4.49. The van der Waals surface area contributed by atoms with Crippen LogP contribution in [-0.2, 0) is 11.3 Å². The minimum absolute atomic E-state index is 0.110. The zero-order valence-corrected chi connectivity index (χ0v) is 16.6. The Morgan fingerprint density at radius 1 is 1.03 bits per heavy atom. The van der Waals surface area contributed by atoms with Crippen molar-refractivity contribution in [1.82, 2.24) is 10.3 Å². The van der Waals surface area contributed by atoms with E-state index < -0.39 is 6.04 Å². The zero-order chi connectivity index (χ0) is 20.4. The van der Waals surface area contributed by atoms with E-state index in [1.807, 2.05) is 62.4 Å². The van der Waals surface area contributed by atoms with Crippen LogP contribution in [0.2, 0.25) is 0 Å². The summed E-state index contributed by atoms with van der Waals surface area (Å²) in [7, 11) is 0. The fourth-order valence-corrected chi connectivity index (χ4v) is 3.70. The Morgan fingerprint density at radius 3 is 2.55 bits per heavy atom. The number of aromatic nitrogens is 1. The van der Waals surface area contributed by atoms with Gasteiger partial charge >= 0.3 is 0 Å². The highest BCUT2D eigenvalue weighted by Gasteiger charge is 2.39. The maximum Gasteiger partial charge on any atom is 0.260 e. The number of nitrogens with zero attached hydrogens (tertiary/aromatic N) is 2. The molecule has 2 amide bonds. The van der Waals surface area contributed by atoms with Crippen molar-refractivity contribution >= 4 is 17.5 Å². The Hall–Kier alpha value is -3.47. The maximum absolute atomic E-state index is 13.1. The van der Waals surface area contributed by atoms with Gasteiger partial charge in [0.25, 0.3) is 5.91 Å². The Labute approximate surface area is 170 Å². The van der Waals surface area contributed by atoms with Gasteiger partial charge < -0.3 is 5.32 Å². The number of pyridine rings is 1. The number of hydrogen-bond acceptors (Lipinski definition) is 3. The molecule has 0 saturated heterocycles. The van der Waals surface area contributed by atoms with Crippen LogP contribution in [0.5, 0.6) is 0 Å². The number of aryl methyl sites for hydroxylation is 2. The topological polar surface area (TPSA) is 62.3 Å². The van der Waals surface area contributed by atoms with Gasteiger partial charge in [-0.05, 0) is 49.2 Å². The number of fused-ring (bicyclic) bond motifs is 1. The molecule has 0 saturated carbocycles. The molecule has 1 aliphatic rings. The van der Waals surface area contributed by atoms with Crippen molar-refractivity contribution in [2.45, 2.75) is 32.9 Å². The molecule has 3 aromatic rings. The molecule has 0 unspecified atom stereocenters. The molecule has 2 heterocycles. The van der Waals surface area contributed by atoms with Gasteiger partial charge in [0.2, 0.25) is 5.91 Å². The number of rotatable bonds is 5. The Balaban J connectivity index is 1.57. The highest BCUT2D eigenvalue weighted by molar-refractivity contribution is 6.11. The average Bonchev–Trinajstić information content (AvgIpc) is 3.00. The summed E-state index contributed by atoms with van der Waals surface area (Å²) in [5.74, 6) is -0.227. The van der Waals surface area contributed by atoms with E-state index in [2.05, 4.69) is 10.3 Å². The van der Waals surface area contributed by atoms with Gasteiger partial charge in [-0.25, -0.2) is 0 Å². The molecule has 4 rings (SSSR count). The minimum atomic E-state index is -0.418. The van der Waals surface area contributed by atoms with E-state index in [-0.39, 0.29) is 18.2 Å². The van der Waals surface area contributed by atoms with Crippen molar-refractivity contribution in [3.05, 3.63) is 94.8 Å². The van der Waals surface area contributed by atoms with Gasteiger partial charge in [-0.2, -0.15) is 0 Å². The van der Waals surface area contributed by atoms with Crippen molar-refractivity contribution in [3.8, 4) is 0 Å². The second-order valence-corrected chi connectivity index (χ2v) is 7.37. The summed E-state index contributed by atoms with van der Waals surface area (Å²) in [6.07, 6.45) is 1.83. The molecule has 5 nitrogen and oxygen atoms in total. The first-order valence-corrected chi connectivity index (χ1v) is 9.71. The molecule has 1 aromatic heterocycles. The molecule has 0 radical (unpaired) electrons. The zero-order valence-electron chi connectivity index (χ0n) is 16.6. The van der Waals surface area contributed by atoms with Gasteiger partial charge in [-0.3, -0.25) is 19.5 Å². The van der Waals surface area contributed by atoms with Crippen LogP contribution in [0, 0.1) is 13.8 Å². The number of amides is 2. The van der Waals surface area contributed by atoms with E-state index in [1.54, 1.807) is 23.2 Å². The van der Waals surface area contributed by atoms with Crippen molar-refractivity contribution < 1.29 is 9.59 Å². The average molecular weight is 385 g/mol. The molecule has 5 heteroatoms. The quantitative estimate of drug-likeness (QED) is 0.719. The number of benzene rings is 2. The molecule has 0 spiro atoms. The van der Waals surface area contributed by atoms with E-state index in [0.29, 0.717) is 17.8 Å². The lowest BCUT2D eigenvalue weighted by atomic mass is 10.1. The first-order chi connectivity index (χ1) is 14.0. The predicted molar refractivity (Wildman–Crippen MR) is 113 cm³/mol.